The number of likely N-dealkylation sites (tertiary alicyclic amines) is 1. The second kappa shape index (κ2) is 6.95. The molecule has 0 aromatic carbocycles. The maximum Gasteiger partial charge on any atom is 0.410 e. The summed E-state index contributed by atoms with van der Waals surface area (Å²) in [4.78, 5) is 26.0. The minimum absolute atomic E-state index is 0.0842. The molecule has 1 aliphatic rings. The molecule has 0 bridgehead atoms. The molecule has 1 amide bonds. The molecule has 0 saturated carbocycles. The van der Waals surface area contributed by atoms with E-state index in [1.807, 2.05) is 26.8 Å². The van der Waals surface area contributed by atoms with Crippen molar-refractivity contribution in [3.8, 4) is 6.07 Å². The normalized spacial score (nSPS) is 17.5. The van der Waals surface area contributed by atoms with Gasteiger partial charge in [0.25, 0.3) is 0 Å². The lowest BCUT2D eigenvalue weighted by molar-refractivity contribution is 0.0289. The molecule has 1 aromatic rings. The highest BCUT2D eigenvalue weighted by atomic mass is 16.6. The van der Waals surface area contributed by atoms with E-state index in [-0.39, 0.29) is 30.0 Å². The van der Waals surface area contributed by atoms with Crippen molar-refractivity contribution in [3.05, 3.63) is 23.5 Å². The maximum absolute atomic E-state index is 12.2. The fraction of sp³-hybridized carbons (Fsp3) is 0.588. The maximum atomic E-state index is 12.2. The quantitative estimate of drug-likeness (QED) is 0.794. The van der Waals surface area contributed by atoms with E-state index in [1.54, 1.807) is 28.7 Å². The van der Waals surface area contributed by atoms with Crippen LogP contribution in [0.15, 0.2) is 12.3 Å². The minimum atomic E-state index is -0.549. The Kier molecular flexibility index (Phi) is 5.17. The van der Waals surface area contributed by atoms with Gasteiger partial charge in [0.05, 0.1) is 18.2 Å². The molecule has 1 aromatic heterocycles. The van der Waals surface area contributed by atoms with E-state index in [4.69, 9.17) is 9.47 Å². The summed E-state index contributed by atoms with van der Waals surface area (Å²) >= 11 is 0. The van der Waals surface area contributed by atoms with E-state index in [0.29, 0.717) is 19.5 Å². The van der Waals surface area contributed by atoms with Crippen molar-refractivity contribution in [2.45, 2.75) is 45.8 Å². The lowest BCUT2D eigenvalue weighted by atomic mass is 10.2. The van der Waals surface area contributed by atoms with Crippen molar-refractivity contribution in [1.82, 2.24) is 9.47 Å². The molecule has 1 aliphatic heterocycles. The first-order chi connectivity index (χ1) is 11.3. The number of esters is 1. The van der Waals surface area contributed by atoms with Crippen LogP contribution in [-0.2, 0) is 9.47 Å². The fourth-order valence-corrected chi connectivity index (χ4v) is 2.72. The standard InChI is InChI=1S/C17H23N3O4/c1-5-23-15(21)14-12(10-18)6-9-20(14)13-7-8-19(11-13)16(22)24-17(2,3)4/h6,9,13H,5,7-8,11H2,1-4H3. The van der Waals surface area contributed by atoms with Crippen LogP contribution in [0.3, 0.4) is 0 Å². The molecule has 2 heterocycles. The van der Waals surface area contributed by atoms with E-state index in [2.05, 4.69) is 0 Å². The largest absolute Gasteiger partial charge is 0.461 e. The van der Waals surface area contributed by atoms with E-state index in [0.717, 1.165) is 0 Å². The van der Waals surface area contributed by atoms with E-state index in [9.17, 15) is 14.9 Å². The molecular formula is C17H23N3O4. The molecule has 0 radical (unpaired) electrons. The summed E-state index contributed by atoms with van der Waals surface area (Å²) in [5, 5.41) is 9.20. The number of carbonyl (C=O) groups excluding carboxylic acids is 2. The topological polar surface area (TPSA) is 84.6 Å². The summed E-state index contributed by atoms with van der Waals surface area (Å²) in [6.07, 6.45) is 2.02. The summed E-state index contributed by atoms with van der Waals surface area (Å²) in [6, 6.07) is 3.53. The number of amides is 1. The van der Waals surface area contributed by atoms with Crippen LogP contribution >= 0.6 is 0 Å². The lowest BCUT2D eigenvalue weighted by Crippen LogP contribution is -2.35. The number of carbonyl (C=O) groups is 2. The Labute approximate surface area is 141 Å². The van der Waals surface area contributed by atoms with Gasteiger partial charge in [0, 0.05) is 19.3 Å². The van der Waals surface area contributed by atoms with Gasteiger partial charge in [0.1, 0.15) is 17.4 Å². The smallest absolute Gasteiger partial charge is 0.410 e. The van der Waals surface area contributed by atoms with Gasteiger partial charge in [-0.15, -0.1) is 0 Å². The lowest BCUT2D eigenvalue weighted by Gasteiger charge is -2.24. The number of hydrogen-bond acceptors (Lipinski definition) is 5. The summed E-state index contributed by atoms with van der Waals surface area (Å²) in [7, 11) is 0. The van der Waals surface area contributed by atoms with Gasteiger partial charge in [-0.2, -0.15) is 5.26 Å². The highest BCUT2D eigenvalue weighted by Gasteiger charge is 2.33. The third-order valence-electron chi connectivity index (χ3n) is 3.71. The minimum Gasteiger partial charge on any atom is -0.461 e. The van der Waals surface area contributed by atoms with Gasteiger partial charge in [0.15, 0.2) is 0 Å². The zero-order valence-electron chi connectivity index (χ0n) is 14.5. The predicted octanol–water partition coefficient (Wildman–Crippen LogP) is 2.72. The first-order valence-corrected chi connectivity index (χ1v) is 8.02. The molecule has 2 rings (SSSR count). The number of rotatable bonds is 3. The molecule has 1 unspecified atom stereocenters. The number of ether oxygens (including phenoxy) is 2. The zero-order valence-corrected chi connectivity index (χ0v) is 14.5. The second-order valence-corrected chi connectivity index (χ2v) is 6.69. The molecule has 1 atom stereocenters. The Balaban J connectivity index is 2.17. The van der Waals surface area contributed by atoms with Crippen LogP contribution in [-0.4, -0.2) is 46.8 Å². The molecule has 0 N–H and O–H groups in total. The average Bonchev–Trinajstić information content (AvgIpc) is 3.12. The number of nitrogens with zero attached hydrogens (tertiary/aromatic N) is 3. The van der Waals surface area contributed by atoms with Crippen molar-refractivity contribution in [2.75, 3.05) is 19.7 Å². The Morgan fingerprint density at radius 2 is 2.12 bits per heavy atom. The monoisotopic (exact) mass is 333 g/mol. The van der Waals surface area contributed by atoms with Crippen molar-refractivity contribution in [1.29, 1.82) is 5.26 Å². The molecule has 0 spiro atoms. The van der Waals surface area contributed by atoms with Gasteiger partial charge in [0.2, 0.25) is 0 Å². The summed E-state index contributed by atoms with van der Waals surface area (Å²) in [5.41, 5.74) is -0.0216. The molecule has 0 aliphatic carbocycles. The van der Waals surface area contributed by atoms with E-state index in [1.165, 1.54) is 0 Å². The van der Waals surface area contributed by atoms with Crippen molar-refractivity contribution >= 4 is 12.1 Å². The van der Waals surface area contributed by atoms with Gasteiger partial charge in [-0.3, -0.25) is 0 Å². The molecule has 1 fully saturated rings. The van der Waals surface area contributed by atoms with Crippen LogP contribution in [0.5, 0.6) is 0 Å². The highest BCUT2D eigenvalue weighted by Crippen LogP contribution is 2.27. The van der Waals surface area contributed by atoms with Crippen molar-refractivity contribution in [3.63, 3.8) is 0 Å². The number of aromatic nitrogens is 1. The Morgan fingerprint density at radius 1 is 1.42 bits per heavy atom. The van der Waals surface area contributed by atoms with Gasteiger partial charge < -0.3 is 18.9 Å². The average molecular weight is 333 g/mol. The SMILES string of the molecule is CCOC(=O)c1c(C#N)ccn1C1CCN(C(=O)OC(C)(C)C)C1. The van der Waals surface area contributed by atoms with Crippen LogP contribution in [0.2, 0.25) is 0 Å². The molecule has 1 saturated heterocycles. The third-order valence-corrected chi connectivity index (χ3v) is 3.71. The molecule has 130 valence electrons. The van der Waals surface area contributed by atoms with Gasteiger partial charge in [-0.05, 0) is 40.2 Å². The van der Waals surface area contributed by atoms with E-state index < -0.39 is 11.6 Å². The Hall–Kier alpha value is -2.49. The van der Waals surface area contributed by atoms with Crippen LogP contribution in [0.1, 0.15) is 56.2 Å². The zero-order chi connectivity index (χ0) is 17.9. The van der Waals surface area contributed by atoms with Crippen molar-refractivity contribution in [2.24, 2.45) is 0 Å². The number of nitriles is 1. The molecular weight excluding hydrogens is 310 g/mol. The van der Waals surface area contributed by atoms with Crippen molar-refractivity contribution < 1.29 is 19.1 Å². The van der Waals surface area contributed by atoms with Gasteiger partial charge >= 0.3 is 12.1 Å². The summed E-state index contributed by atoms with van der Waals surface area (Å²) < 4.78 is 12.2. The second-order valence-electron chi connectivity index (χ2n) is 6.69. The molecule has 24 heavy (non-hydrogen) atoms. The number of hydrogen-bond donors (Lipinski definition) is 0. The molecule has 7 nitrogen and oxygen atoms in total. The Bertz CT molecular complexity index is 666. The first kappa shape index (κ1) is 17.9. The van der Waals surface area contributed by atoms with E-state index >= 15 is 0 Å². The third kappa shape index (κ3) is 3.88. The van der Waals surface area contributed by atoms with Crippen LogP contribution in [0, 0.1) is 11.3 Å². The van der Waals surface area contributed by atoms with Crippen LogP contribution in [0.25, 0.3) is 0 Å². The first-order valence-electron chi connectivity index (χ1n) is 8.02. The Morgan fingerprint density at radius 3 is 2.71 bits per heavy atom. The predicted molar refractivity (Wildman–Crippen MR) is 86.6 cm³/mol. The molecule has 7 heteroatoms. The van der Waals surface area contributed by atoms with Crippen LogP contribution in [0.4, 0.5) is 4.79 Å². The summed E-state index contributed by atoms with van der Waals surface area (Å²) in [5.74, 6) is -0.519. The van der Waals surface area contributed by atoms with Gasteiger partial charge in [-0.25, -0.2) is 9.59 Å². The fourth-order valence-electron chi connectivity index (χ4n) is 2.72. The summed E-state index contributed by atoms with van der Waals surface area (Å²) in [6.45, 7) is 8.40. The van der Waals surface area contributed by atoms with Gasteiger partial charge in [-0.1, -0.05) is 0 Å². The van der Waals surface area contributed by atoms with Crippen LogP contribution < -0.4 is 0 Å². The highest BCUT2D eigenvalue weighted by molar-refractivity contribution is 5.90.